The Morgan fingerprint density at radius 2 is 2.00 bits per heavy atom. The topological polar surface area (TPSA) is 81.5 Å². The Kier molecular flexibility index (Phi) is 5.89. The number of ether oxygens (including phenoxy) is 1. The van der Waals surface area contributed by atoms with Crippen LogP contribution >= 0.6 is 11.8 Å². The van der Waals surface area contributed by atoms with Gasteiger partial charge in [-0.1, -0.05) is 23.9 Å². The Morgan fingerprint density at radius 3 is 2.76 bits per heavy atom. The van der Waals surface area contributed by atoms with E-state index in [0.717, 1.165) is 25.7 Å². The van der Waals surface area contributed by atoms with Gasteiger partial charge in [0.1, 0.15) is 6.04 Å². The minimum atomic E-state index is -0.507. The Labute approximate surface area is 173 Å². The number of nitrogens with zero attached hydrogens (tertiary/aromatic N) is 3. The molecule has 0 N–H and O–H groups in total. The summed E-state index contributed by atoms with van der Waals surface area (Å²) in [5.74, 6) is -0.297. The van der Waals surface area contributed by atoms with Gasteiger partial charge in [0.2, 0.25) is 5.91 Å². The Balaban J connectivity index is 1.54. The average molecular weight is 416 g/mol. The van der Waals surface area contributed by atoms with Crippen molar-refractivity contribution in [2.45, 2.75) is 56.3 Å². The number of aromatic nitrogens is 2. The van der Waals surface area contributed by atoms with Crippen LogP contribution in [0.5, 0.6) is 0 Å². The van der Waals surface area contributed by atoms with Crippen LogP contribution in [-0.4, -0.2) is 51.3 Å². The van der Waals surface area contributed by atoms with Crippen molar-refractivity contribution in [3.05, 3.63) is 34.6 Å². The number of carbonyl (C=O) groups is 2. The third-order valence-corrected chi connectivity index (χ3v) is 6.33. The van der Waals surface area contributed by atoms with Gasteiger partial charge in [0.05, 0.1) is 23.3 Å². The summed E-state index contributed by atoms with van der Waals surface area (Å²) in [5.41, 5.74) is 0.599. The molecule has 0 spiro atoms. The maximum atomic E-state index is 12.9. The highest BCUT2D eigenvalue weighted by Crippen LogP contribution is 2.37. The number of hydrogen-bond donors (Lipinski definition) is 0. The first-order valence-corrected chi connectivity index (χ1v) is 11.2. The number of hydrogen-bond acceptors (Lipinski definition) is 6. The first kappa shape index (κ1) is 19.9. The van der Waals surface area contributed by atoms with Gasteiger partial charge in [-0.2, -0.15) is 0 Å². The average Bonchev–Trinajstić information content (AvgIpc) is 3.57. The van der Waals surface area contributed by atoms with E-state index >= 15 is 0 Å². The largest absolute Gasteiger partial charge is 0.464 e. The molecule has 154 valence electrons. The number of para-hydroxylation sites is 1. The molecule has 7 nitrogen and oxygen atoms in total. The molecular formula is C21H25N3O4S. The molecule has 0 bridgehead atoms. The number of thioether (sulfide) groups is 1. The molecule has 2 aliphatic rings. The van der Waals surface area contributed by atoms with Crippen molar-refractivity contribution in [3.8, 4) is 0 Å². The summed E-state index contributed by atoms with van der Waals surface area (Å²) in [7, 11) is 0. The summed E-state index contributed by atoms with van der Waals surface area (Å²) in [5, 5.41) is 1.18. The van der Waals surface area contributed by atoms with Gasteiger partial charge < -0.3 is 9.64 Å². The normalized spacial score (nSPS) is 19.3. The zero-order valence-electron chi connectivity index (χ0n) is 16.5. The van der Waals surface area contributed by atoms with Gasteiger partial charge >= 0.3 is 5.97 Å². The first-order chi connectivity index (χ1) is 14.1. The predicted molar refractivity (Wildman–Crippen MR) is 111 cm³/mol. The first-order valence-electron chi connectivity index (χ1n) is 10.2. The van der Waals surface area contributed by atoms with Crippen molar-refractivity contribution in [3.63, 3.8) is 0 Å². The Hall–Kier alpha value is -2.35. The van der Waals surface area contributed by atoms with Crippen LogP contribution < -0.4 is 5.56 Å². The molecule has 1 atom stereocenters. The van der Waals surface area contributed by atoms with E-state index in [1.807, 2.05) is 18.2 Å². The zero-order valence-corrected chi connectivity index (χ0v) is 17.3. The maximum Gasteiger partial charge on any atom is 0.328 e. The molecule has 2 fully saturated rings. The van der Waals surface area contributed by atoms with E-state index in [9.17, 15) is 14.4 Å². The molecule has 2 aromatic rings. The fourth-order valence-corrected chi connectivity index (χ4v) is 4.76. The van der Waals surface area contributed by atoms with Gasteiger partial charge in [0.15, 0.2) is 5.16 Å². The van der Waals surface area contributed by atoms with Crippen molar-refractivity contribution >= 4 is 34.5 Å². The number of rotatable bonds is 6. The van der Waals surface area contributed by atoms with Gasteiger partial charge in [0, 0.05) is 12.6 Å². The number of benzene rings is 1. The molecule has 0 radical (unpaired) electrons. The summed E-state index contributed by atoms with van der Waals surface area (Å²) in [4.78, 5) is 44.4. The number of fused-ring (bicyclic) bond motifs is 1. The standard InChI is InChI=1S/C21H25N3O4S/c1-2-28-20(27)17-9-5-6-12-23(17)18(25)13-29-21-22-16-8-4-3-7-15(16)19(26)24(21)14-10-11-14/h3-4,7-8,14,17H,2,5-6,9-13H2,1H3/t17-/m0/s1. The molecule has 1 aromatic heterocycles. The molecule has 1 amide bonds. The highest BCUT2D eigenvalue weighted by Gasteiger charge is 2.34. The van der Waals surface area contributed by atoms with Gasteiger partial charge in [-0.3, -0.25) is 14.2 Å². The molecular weight excluding hydrogens is 390 g/mol. The molecule has 4 rings (SSSR count). The van der Waals surface area contributed by atoms with Crippen LogP contribution in [0.1, 0.15) is 45.1 Å². The van der Waals surface area contributed by atoms with Crippen LogP contribution in [0, 0.1) is 0 Å². The fourth-order valence-electron chi connectivity index (χ4n) is 3.80. The van der Waals surface area contributed by atoms with Crippen LogP contribution in [0.25, 0.3) is 10.9 Å². The lowest BCUT2D eigenvalue weighted by molar-refractivity contribution is -0.155. The van der Waals surface area contributed by atoms with E-state index in [2.05, 4.69) is 4.98 Å². The van der Waals surface area contributed by atoms with Crippen LogP contribution in [-0.2, 0) is 14.3 Å². The lowest BCUT2D eigenvalue weighted by Gasteiger charge is -2.34. The summed E-state index contributed by atoms with van der Waals surface area (Å²) in [6.07, 6.45) is 4.34. The molecule has 1 saturated heterocycles. The number of piperidine rings is 1. The molecule has 1 aromatic carbocycles. The van der Waals surface area contributed by atoms with Crippen molar-refractivity contribution in [2.24, 2.45) is 0 Å². The highest BCUT2D eigenvalue weighted by atomic mass is 32.2. The van der Waals surface area contributed by atoms with Crippen LogP contribution in [0.4, 0.5) is 0 Å². The summed E-state index contributed by atoms with van der Waals surface area (Å²) >= 11 is 1.28. The van der Waals surface area contributed by atoms with Crippen LogP contribution in [0.2, 0.25) is 0 Å². The Bertz CT molecular complexity index is 986. The Morgan fingerprint density at radius 1 is 1.21 bits per heavy atom. The summed E-state index contributed by atoms with van der Waals surface area (Å²) in [6.45, 7) is 2.63. The van der Waals surface area contributed by atoms with E-state index in [4.69, 9.17) is 4.74 Å². The van der Waals surface area contributed by atoms with E-state index in [1.54, 1.807) is 22.5 Å². The minimum absolute atomic E-state index is 0.0459. The van der Waals surface area contributed by atoms with Crippen LogP contribution in [0.15, 0.2) is 34.2 Å². The van der Waals surface area contributed by atoms with E-state index in [-0.39, 0.29) is 29.2 Å². The quantitative estimate of drug-likeness (QED) is 0.410. The smallest absolute Gasteiger partial charge is 0.328 e. The SMILES string of the molecule is CCOC(=O)[C@@H]1CCCCN1C(=O)CSc1nc2ccccc2c(=O)n1C1CC1. The van der Waals surface area contributed by atoms with E-state index in [1.165, 1.54) is 11.8 Å². The van der Waals surface area contributed by atoms with Crippen molar-refractivity contribution < 1.29 is 14.3 Å². The molecule has 1 aliphatic heterocycles. The zero-order chi connectivity index (χ0) is 20.4. The lowest BCUT2D eigenvalue weighted by atomic mass is 10.0. The third-order valence-electron chi connectivity index (χ3n) is 5.39. The second kappa shape index (κ2) is 8.57. The van der Waals surface area contributed by atoms with Crippen molar-refractivity contribution in [2.75, 3.05) is 18.9 Å². The third kappa shape index (κ3) is 4.17. The molecule has 29 heavy (non-hydrogen) atoms. The molecule has 1 aliphatic carbocycles. The maximum absolute atomic E-state index is 12.9. The second-order valence-corrected chi connectivity index (χ2v) is 8.40. The predicted octanol–water partition coefficient (Wildman–Crippen LogP) is 2.77. The summed E-state index contributed by atoms with van der Waals surface area (Å²) in [6, 6.07) is 6.96. The highest BCUT2D eigenvalue weighted by molar-refractivity contribution is 7.99. The number of carbonyl (C=O) groups excluding carboxylic acids is 2. The van der Waals surface area contributed by atoms with Gasteiger partial charge in [-0.05, 0) is 51.2 Å². The monoisotopic (exact) mass is 415 g/mol. The van der Waals surface area contributed by atoms with E-state index < -0.39 is 6.04 Å². The second-order valence-electron chi connectivity index (χ2n) is 7.46. The number of esters is 1. The molecule has 0 unspecified atom stereocenters. The van der Waals surface area contributed by atoms with Crippen molar-refractivity contribution in [1.82, 2.24) is 14.5 Å². The molecule has 8 heteroatoms. The molecule has 2 heterocycles. The van der Waals surface area contributed by atoms with Crippen molar-refractivity contribution in [1.29, 1.82) is 0 Å². The lowest BCUT2D eigenvalue weighted by Crippen LogP contribution is -2.49. The summed E-state index contributed by atoms with van der Waals surface area (Å²) < 4.78 is 6.89. The minimum Gasteiger partial charge on any atom is -0.464 e. The molecule has 1 saturated carbocycles. The fraction of sp³-hybridized carbons (Fsp3) is 0.524. The van der Waals surface area contributed by atoms with E-state index in [0.29, 0.717) is 35.6 Å². The van der Waals surface area contributed by atoms with Gasteiger partial charge in [-0.15, -0.1) is 0 Å². The number of amides is 1. The van der Waals surface area contributed by atoms with Gasteiger partial charge in [-0.25, -0.2) is 9.78 Å². The van der Waals surface area contributed by atoms with Crippen LogP contribution in [0.3, 0.4) is 0 Å². The number of likely N-dealkylation sites (tertiary alicyclic amines) is 1. The van der Waals surface area contributed by atoms with Gasteiger partial charge in [0.25, 0.3) is 5.56 Å².